The highest BCUT2D eigenvalue weighted by Gasteiger charge is 2.22. The van der Waals surface area contributed by atoms with Crippen molar-refractivity contribution in [1.29, 1.82) is 0 Å². The van der Waals surface area contributed by atoms with E-state index in [1.165, 1.54) is 38.8 Å². The van der Waals surface area contributed by atoms with E-state index in [0.29, 0.717) is 19.2 Å². The van der Waals surface area contributed by atoms with Gasteiger partial charge in [-0.25, -0.2) is 4.98 Å². The van der Waals surface area contributed by atoms with Crippen LogP contribution in [0.5, 0.6) is 5.75 Å². The van der Waals surface area contributed by atoms with Crippen LogP contribution in [-0.4, -0.2) is 74.0 Å². The minimum Gasteiger partial charge on any atom is -0.492 e. The molecule has 0 saturated carbocycles. The normalized spacial score (nSPS) is 20.5. The summed E-state index contributed by atoms with van der Waals surface area (Å²) in [5.41, 5.74) is 3.11. The Morgan fingerprint density at radius 3 is 2.65 bits per heavy atom. The van der Waals surface area contributed by atoms with Crippen LogP contribution in [0.1, 0.15) is 57.5 Å². The van der Waals surface area contributed by atoms with Crippen LogP contribution in [0.15, 0.2) is 24.4 Å². The summed E-state index contributed by atoms with van der Waals surface area (Å²) >= 11 is 0. The molecule has 0 atom stereocenters. The zero-order valence-electron chi connectivity index (χ0n) is 22.4. The Bertz CT molecular complexity index is 996. The van der Waals surface area contributed by atoms with E-state index >= 15 is 0 Å². The molecule has 4 aliphatic heterocycles. The first-order chi connectivity index (χ1) is 18.2. The van der Waals surface area contributed by atoms with Gasteiger partial charge in [-0.05, 0) is 89.1 Å². The Morgan fingerprint density at radius 1 is 1.00 bits per heavy atom. The summed E-state index contributed by atoms with van der Waals surface area (Å²) in [4.78, 5) is 14.4. The molecular formula is C29H45N5O3. The second kappa shape index (κ2) is 13.4. The van der Waals surface area contributed by atoms with E-state index in [4.69, 9.17) is 19.2 Å². The maximum absolute atomic E-state index is 6.23. The molecule has 5 heterocycles. The van der Waals surface area contributed by atoms with Gasteiger partial charge in [0.1, 0.15) is 18.2 Å². The van der Waals surface area contributed by atoms with Gasteiger partial charge in [-0.2, -0.15) is 4.98 Å². The van der Waals surface area contributed by atoms with Crippen LogP contribution in [0.25, 0.3) is 0 Å². The second-order valence-corrected chi connectivity index (χ2v) is 10.6. The van der Waals surface area contributed by atoms with E-state index < -0.39 is 0 Å². The number of aromatic nitrogens is 2. The van der Waals surface area contributed by atoms with E-state index in [2.05, 4.69) is 33.1 Å². The van der Waals surface area contributed by atoms with Gasteiger partial charge in [-0.15, -0.1) is 0 Å². The molecule has 2 saturated heterocycles. The highest BCUT2D eigenvalue weighted by Crippen LogP contribution is 2.29. The Morgan fingerprint density at radius 2 is 1.81 bits per heavy atom. The van der Waals surface area contributed by atoms with Gasteiger partial charge in [-0.3, -0.25) is 4.90 Å². The Kier molecular flexibility index (Phi) is 9.49. The largest absolute Gasteiger partial charge is 0.492 e. The molecule has 6 bridgehead atoms. The third-order valence-corrected chi connectivity index (χ3v) is 7.79. The number of anilines is 3. The van der Waals surface area contributed by atoms with Crippen LogP contribution >= 0.6 is 0 Å². The Hall–Kier alpha value is -2.42. The van der Waals surface area contributed by atoms with Gasteiger partial charge in [-0.1, -0.05) is 0 Å². The number of likely N-dealkylation sites (tertiary alicyclic amines) is 1. The maximum atomic E-state index is 6.23. The Balaban J connectivity index is 0.00000336. The molecule has 2 aromatic rings. The lowest BCUT2D eigenvalue weighted by Gasteiger charge is -2.33. The number of nitrogens with zero attached hydrogens (tertiary/aromatic N) is 4. The SMILES string of the molecule is Cc1cnc2nc1N1CCC(CCOCCCCOCc3cc(ccc3OCCN3CCCC3)N2)CC1.[HH]. The summed E-state index contributed by atoms with van der Waals surface area (Å²) < 4.78 is 18.2. The average molecular weight is 512 g/mol. The van der Waals surface area contributed by atoms with Crippen molar-refractivity contribution >= 4 is 17.5 Å². The fraction of sp³-hybridized carbons (Fsp3) is 0.655. The molecule has 0 radical (unpaired) electrons. The molecule has 8 nitrogen and oxygen atoms in total. The molecule has 0 aliphatic carbocycles. The van der Waals surface area contributed by atoms with Crippen molar-refractivity contribution in [3.63, 3.8) is 0 Å². The lowest BCUT2D eigenvalue weighted by Crippen LogP contribution is -2.35. The first-order valence-electron chi connectivity index (χ1n) is 14.2. The quantitative estimate of drug-likeness (QED) is 0.602. The first-order valence-corrected chi connectivity index (χ1v) is 14.2. The highest BCUT2D eigenvalue weighted by atomic mass is 16.5. The number of benzene rings is 1. The number of fused-ring (bicyclic) bond motifs is 10. The van der Waals surface area contributed by atoms with Crippen LogP contribution in [0, 0.1) is 12.8 Å². The summed E-state index contributed by atoms with van der Waals surface area (Å²) in [6, 6.07) is 6.21. The third-order valence-electron chi connectivity index (χ3n) is 7.79. The predicted molar refractivity (Wildman–Crippen MR) is 149 cm³/mol. The van der Waals surface area contributed by atoms with Crippen molar-refractivity contribution in [3.05, 3.63) is 35.5 Å². The van der Waals surface area contributed by atoms with Gasteiger partial charge >= 0.3 is 0 Å². The highest BCUT2D eigenvalue weighted by molar-refractivity contribution is 5.59. The maximum Gasteiger partial charge on any atom is 0.229 e. The summed E-state index contributed by atoms with van der Waals surface area (Å²) in [5, 5.41) is 3.43. The van der Waals surface area contributed by atoms with Gasteiger partial charge in [0.25, 0.3) is 0 Å². The van der Waals surface area contributed by atoms with Gasteiger partial charge in [0.2, 0.25) is 5.95 Å². The minimum absolute atomic E-state index is 0. The fourth-order valence-electron chi connectivity index (χ4n) is 5.52. The molecule has 204 valence electrons. The van der Waals surface area contributed by atoms with Crippen LogP contribution in [0.4, 0.5) is 17.5 Å². The van der Waals surface area contributed by atoms with Crippen molar-refractivity contribution in [2.75, 3.05) is 69.4 Å². The summed E-state index contributed by atoms with van der Waals surface area (Å²) in [6.45, 7) is 11.1. The van der Waals surface area contributed by atoms with Gasteiger partial charge in [0, 0.05) is 63.9 Å². The van der Waals surface area contributed by atoms with Gasteiger partial charge in [0.15, 0.2) is 0 Å². The number of aryl methyl sites for hydroxylation is 1. The van der Waals surface area contributed by atoms with Crippen molar-refractivity contribution in [3.8, 4) is 5.75 Å². The number of ether oxygens (including phenoxy) is 3. The zero-order chi connectivity index (χ0) is 25.3. The number of nitrogens with one attached hydrogen (secondary N) is 1. The average Bonchev–Trinajstić information content (AvgIpc) is 3.43. The lowest BCUT2D eigenvalue weighted by molar-refractivity contribution is 0.0879. The molecule has 0 amide bonds. The molecule has 6 rings (SSSR count). The van der Waals surface area contributed by atoms with Crippen LogP contribution < -0.4 is 15.0 Å². The van der Waals surface area contributed by atoms with Crippen molar-refractivity contribution < 1.29 is 15.6 Å². The molecule has 1 aromatic heterocycles. The van der Waals surface area contributed by atoms with Crippen LogP contribution in [0.2, 0.25) is 0 Å². The van der Waals surface area contributed by atoms with E-state index in [-0.39, 0.29) is 1.43 Å². The molecule has 1 aromatic carbocycles. The van der Waals surface area contributed by atoms with E-state index in [1.54, 1.807) is 0 Å². The number of hydrogen-bond donors (Lipinski definition) is 1. The van der Waals surface area contributed by atoms with Gasteiger partial charge in [0.05, 0.1) is 6.61 Å². The molecular weight excluding hydrogens is 466 g/mol. The zero-order valence-corrected chi connectivity index (χ0v) is 22.4. The fourth-order valence-corrected chi connectivity index (χ4v) is 5.52. The monoisotopic (exact) mass is 511 g/mol. The van der Waals surface area contributed by atoms with E-state index in [1.807, 2.05) is 18.3 Å². The summed E-state index contributed by atoms with van der Waals surface area (Å²) in [5.74, 6) is 3.29. The molecule has 37 heavy (non-hydrogen) atoms. The third kappa shape index (κ3) is 7.55. The van der Waals surface area contributed by atoms with Crippen LogP contribution in [0.3, 0.4) is 0 Å². The van der Waals surface area contributed by atoms with Crippen molar-refractivity contribution in [1.82, 2.24) is 14.9 Å². The number of hydrogen-bond acceptors (Lipinski definition) is 8. The standard InChI is InChI=1S/C29H43N5O3.H2/c1-23-21-30-29-31-26-6-7-27(37-19-15-33-11-2-3-12-33)25(20-26)22-36-17-5-4-16-35-18-10-24-8-13-34(14-9-24)28(23)32-29;/h6-7,20-21,24H,2-5,8-19,22H2,1H3,(H,30,31,32);1H. The van der Waals surface area contributed by atoms with E-state index in [9.17, 15) is 0 Å². The molecule has 8 heteroatoms. The second-order valence-electron chi connectivity index (χ2n) is 10.6. The molecule has 4 aliphatic rings. The molecule has 0 unspecified atom stereocenters. The molecule has 1 N–H and O–H groups in total. The summed E-state index contributed by atoms with van der Waals surface area (Å²) in [6.07, 6.45) is 10.1. The molecule has 2 fully saturated rings. The topological polar surface area (TPSA) is 72.0 Å². The lowest BCUT2D eigenvalue weighted by atomic mass is 9.94. The molecule has 0 spiro atoms. The van der Waals surface area contributed by atoms with Gasteiger partial charge < -0.3 is 24.4 Å². The van der Waals surface area contributed by atoms with Crippen molar-refractivity contribution in [2.24, 2.45) is 5.92 Å². The number of rotatable bonds is 4. The van der Waals surface area contributed by atoms with E-state index in [0.717, 1.165) is 93.0 Å². The number of piperidine rings is 1. The summed E-state index contributed by atoms with van der Waals surface area (Å²) in [7, 11) is 0. The predicted octanol–water partition coefficient (Wildman–Crippen LogP) is 5.18. The minimum atomic E-state index is 0. The first kappa shape index (κ1) is 26.2. The van der Waals surface area contributed by atoms with Crippen LogP contribution in [-0.2, 0) is 16.1 Å². The Labute approximate surface area is 223 Å². The smallest absolute Gasteiger partial charge is 0.229 e. The van der Waals surface area contributed by atoms with Crippen molar-refractivity contribution in [2.45, 2.75) is 58.5 Å².